The van der Waals surface area contributed by atoms with E-state index in [1.165, 1.54) is 42.4 Å². The molecule has 0 radical (unpaired) electrons. The fourth-order valence-corrected chi connectivity index (χ4v) is 6.28. The molecular weight excluding hydrogens is 424 g/mol. The summed E-state index contributed by atoms with van der Waals surface area (Å²) in [5.74, 6) is 1.76. The third kappa shape index (κ3) is 3.78. The van der Waals surface area contributed by atoms with Gasteiger partial charge in [0.1, 0.15) is 10.7 Å². The highest BCUT2D eigenvalue weighted by atomic mass is 32.2. The van der Waals surface area contributed by atoms with Gasteiger partial charge in [-0.25, -0.2) is 4.98 Å². The van der Waals surface area contributed by atoms with Crippen LogP contribution in [0.4, 0.5) is 0 Å². The topological polar surface area (TPSA) is 84.7 Å². The maximum absolute atomic E-state index is 12.8. The number of rotatable bonds is 5. The number of H-pyrrole nitrogens is 1. The van der Waals surface area contributed by atoms with Crippen LogP contribution in [0.3, 0.4) is 0 Å². The molecule has 29 heavy (non-hydrogen) atoms. The van der Waals surface area contributed by atoms with Crippen LogP contribution in [0.25, 0.3) is 20.7 Å². The number of thiophene rings is 2. The molecule has 1 atom stereocenters. The van der Waals surface area contributed by atoms with E-state index in [0.717, 1.165) is 34.0 Å². The Hall–Kier alpha value is -1.97. The van der Waals surface area contributed by atoms with Crippen LogP contribution in [-0.4, -0.2) is 20.2 Å². The summed E-state index contributed by atoms with van der Waals surface area (Å²) in [6, 6.07) is 4.02. The van der Waals surface area contributed by atoms with Crippen LogP contribution < -0.4 is 5.56 Å². The van der Waals surface area contributed by atoms with E-state index in [1.807, 2.05) is 29.8 Å². The molecule has 1 aliphatic carbocycles. The van der Waals surface area contributed by atoms with Crippen molar-refractivity contribution in [3.05, 3.63) is 45.0 Å². The number of aromatic nitrogens is 4. The van der Waals surface area contributed by atoms with Crippen LogP contribution >= 0.6 is 34.4 Å². The minimum Gasteiger partial charge on any atom is -0.416 e. The molecule has 9 heteroatoms. The predicted molar refractivity (Wildman–Crippen MR) is 118 cm³/mol. The first kappa shape index (κ1) is 19.0. The maximum Gasteiger partial charge on any atom is 0.277 e. The molecule has 0 aromatic carbocycles. The summed E-state index contributed by atoms with van der Waals surface area (Å²) in [6.07, 6.45) is 6.00. The second-order valence-electron chi connectivity index (χ2n) is 7.26. The Morgan fingerprint density at radius 2 is 2.10 bits per heavy atom. The van der Waals surface area contributed by atoms with Crippen LogP contribution in [-0.2, 0) is 0 Å². The van der Waals surface area contributed by atoms with Gasteiger partial charge in [-0.1, -0.05) is 37.1 Å². The molecule has 0 bridgehead atoms. The number of thioether (sulfide) groups is 1. The summed E-state index contributed by atoms with van der Waals surface area (Å²) < 4.78 is 5.91. The van der Waals surface area contributed by atoms with E-state index in [1.54, 1.807) is 11.3 Å². The number of nitrogens with one attached hydrogen (secondary N) is 1. The SMILES string of the molecule is C[C@H](Sc1nnc(C2CCCCC2)o1)c1nc2scc(-c3cccs3)c2c(=O)[nH]1. The molecule has 1 saturated carbocycles. The van der Waals surface area contributed by atoms with Crippen LogP contribution in [0.5, 0.6) is 0 Å². The average molecular weight is 445 g/mol. The molecule has 0 unspecified atom stereocenters. The van der Waals surface area contributed by atoms with Crippen LogP contribution in [0, 0.1) is 0 Å². The summed E-state index contributed by atoms with van der Waals surface area (Å²) >= 11 is 4.56. The smallest absolute Gasteiger partial charge is 0.277 e. The molecule has 1 fully saturated rings. The molecule has 0 aliphatic heterocycles. The third-order valence-corrected chi connectivity index (χ3v) is 8.01. The van der Waals surface area contributed by atoms with Crippen LogP contribution in [0.15, 0.2) is 37.3 Å². The Balaban J connectivity index is 1.38. The summed E-state index contributed by atoms with van der Waals surface area (Å²) in [6.45, 7) is 1.99. The molecule has 0 saturated heterocycles. The van der Waals surface area contributed by atoms with Crippen molar-refractivity contribution < 1.29 is 4.42 Å². The minimum atomic E-state index is -0.101. The molecular formula is C20H20N4O2S3. The van der Waals surface area contributed by atoms with Gasteiger partial charge in [0.25, 0.3) is 10.8 Å². The van der Waals surface area contributed by atoms with Gasteiger partial charge < -0.3 is 9.40 Å². The second kappa shape index (κ2) is 8.04. The van der Waals surface area contributed by atoms with E-state index < -0.39 is 0 Å². The first-order valence-electron chi connectivity index (χ1n) is 9.74. The summed E-state index contributed by atoms with van der Waals surface area (Å²) in [7, 11) is 0. The zero-order valence-electron chi connectivity index (χ0n) is 15.9. The minimum absolute atomic E-state index is 0.0981. The molecule has 4 aromatic heterocycles. The van der Waals surface area contributed by atoms with Gasteiger partial charge in [-0.15, -0.1) is 32.9 Å². The molecule has 4 heterocycles. The molecule has 1 N–H and O–H groups in total. The Labute approximate surface area is 179 Å². The van der Waals surface area contributed by atoms with Crippen molar-refractivity contribution in [2.24, 2.45) is 0 Å². The lowest BCUT2D eigenvalue weighted by Crippen LogP contribution is -2.12. The van der Waals surface area contributed by atoms with Gasteiger partial charge in [0.15, 0.2) is 0 Å². The lowest BCUT2D eigenvalue weighted by Gasteiger charge is -2.17. The lowest BCUT2D eigenvalue weighted by atomic mass is 9.89. The van der Waals surface area contributed by atoms with Gasteiger partial charge in [0, 0.05) is 21.7 Å². The van der Waals surface area contributed by atoms with E-state index in [4.69, 9.17) is 9.40 Å². The van der Waals surface area contributed by atoms with Crippen molar-refractivity contribution in [1.82, 2.24) is 20.2 Å². The number of fused-ring (bicyclic) bond motifs is 1. The van der Waals surface area contributed by atoms with Gasteiger partial charge >= 0.3 is 0 Å². The van der Waals surface area contributed by atoms with Crippen molar-refractivity contribution in [3.8, 4) is 10.4 Å². The van der Waals surface area contributed by atoms with Gasteiger partial charge in [0.05, 0.1) is 10.6 Å². The standard InChI is InChI=1S/C20H20N4O2S3/c1-11(29-20-24-23-18(26-20)12-6-3-2-4-7-12)16-21-17(25)15-13(10-28-19(15)22-16)14-8-5-9-27-14/h5,8-12H,2-4,6-7H2,1H3,(H,21,22,25)/t11-/m0/s1. The number of aromatic amines is 1. The van der Waals surface area contributed by atoms with Gasteiger partial charge in [-0.2, -0.15) is 0 Å². The van der Waals surface area contributed by atoms with E-state index in [9.17, 15) is 4.79 Å². The Morgan fingerprint density at radius 3 is 2.90 bits per heavy atom. The largest absolute Gasteiger partial charge is 0.416 e. The number of hydrogen-bond donors (Lipinski definition) is 1. The van der Waals surface area contributed by atoms with Crippen molar-refractivity contribution in [2.75, 3.05) is 0 Å². The normalized spacial score (nSPS) is 16.4. The fourth-order valence-electron chi connectivity index (χ4n) is 3.76. The first-order chi connectivity index (χ1) is 14.2. The summed E-state index contributed by atoms with van der Waals surface area (Å²) in [5, 5.41) is 13.6. The van der Waals surface area contributed by atoms with Crippen molar-refractivity contribution >= 4 is 44.7 Å². The Morgan fingerprint density at radius 1 is 1.24 bits per heavy atom. The van der Waals surface area contributed by atoms with Crippen LogP contribution in [0.1, 0.15) is 61.9 Å². The first-order valence-corrected chi connectivity index (χ1v) is 12.4. The maximum atomic E-state index is 12.8. The molecule has 4 aromatic rings. The monoisotopic (exact) mass is 444 g/mol. The summed E-state index contributed by atoms with van der Waals surface area (Å²) in [5.41, 5.74) is 0.852. The molecule has 1 aliphatic rings. The average Bonchev–Trinajstić information content (AvgIpc) is 3.49. The van der Waals surface area contributed by atoms with Crippen molar-refractivity contribution in [1.29, 1.82) is 0 Å². The predicted octanol–water partition coefficient (Wildman–Crippen LogP) is 6.00. The zero-order valence-corrected chi connectivity index (χ0v) is 18.3. The number of hydrogen-bond acceptors (Lipinski definition) is 8. The highest BCUT2D eigenvalue weighted by Crippen LogP contribution is 2.38. The highest BCUT2D eigenvalue weighted by Gasteiger charge is 2.23. The summed E-state index contributed by atoms with van der Waals surface area (Å²) in [4.78, 5) is 22.3. The van der Waals surface area contributed by atoms with E-state index >= 15 is 0 Å². The quantitative estimate of drug-likeness (QED) is 0.380. The van der Waals surface area contributed by atoms with Gasteiger partial charge in [-0.05, 0) is 31.2 Å². The van der Waals surface area contributed by atoms with E-state index in [2.05, 4.69) is 15.2 Å². The van der Waals surface area contributed by atoms with Gasteiger partial charge in [-0.3, -0.25) is 4.79 Å². The van der Waals surface area contributed by atoms with Crippen molar-refractivity contribution in [2.45, 2.75) is 55.4 Å². The highest BCUT2D eigenvalue weighted by molar-refractivity contribution is 7.99. The van der Waals surface area contributed by atoms with Gasteiger partial charge in [0.2, 0.25) is 5.89 Å². The Bertz CT molecular complexity index is 1170. The van der Waals surface area contributed by atoms with E-state index in [-0.39, 0.29) is 10.8 Å². The lowest BCUT2D eigenvalue weighted by molar-refractivity contribution is 0.334. The third-order valence-electron chi connectivity index (χ3n) is 5.29. The Kier molecular flexibility index (Phi) is 5.28. The zero-order chi connectivity index (χ0) is 19.8. The molecule has 5 rings (SSSR count). The van der Waals surface area contributed by atoms with E-state index in [0.29, 0.717) is 22.4 Å². The molecule has 6 nitrogen and oxygen atoms in total. The molecule has 150 valence electrons. The fraction of sp³-hybridized carbons (Fsp3) is 0.400. The number of nitrogens with zero attached hydrogens (tertiary/aromatic N) is 3. The molecule has 0 spiro atoms. The van der Waals surface area contributed by atoms with Crippen LogP contribution in [0.2, 0.25) is 0 Å². The van der Waals surface area contributed by atoms with Crippen molar-refractivity contribution in [3.63, 3.8) is 0 Å². The molecule has 0 amide bonds. The second-order valence-corrected chi connectivity index (χ2v) is 10.4.